The second-order valence-electron chi connectivity index (χ2n) is 3.89. The summed E-state index contributed by atoms with van der Waals surface area (Å²) < 4.78 is 10.2. The highest BCUT2D eigenvalue weighted by atomic mass is 16.5. The lowest BCUT2D eigenvalue weighted by molar-refractivity contribution is 0.0466. The number of nitrogens with zero attached hydrogens (tertiary/aromatic N) is 1. The Bertz CT molecular complexity index is 358. The molecule has 0 atom stereocenters. The number of carbonyl (C=O) groups is 1. The van der Waals surface area contributed by atoms with Gasteiger partial charge >= 0.3 is 5.97 Å². The Morgan fingerprint density at radius 3 is 2.28 bits per heavy atom. The highest BCUT2D eigenvalue weighted by Crippen LogP contribution is 2.11. The summed E-state index contributed by atoms with van der Waals surface area (Å²) in [7, 11) is 1.59. The van der Waals surface area contributed by atoms with Crippen molar-refractivity contribution in [1.29, 1.82) is 0 Å². The second kappa shape index (κ2) is 7.71. The topological polar surface area (TPSA) is 38.8 Å². The van der Waals surface area contributed by atoms with Gasteiger partial charge in [-0.05, 0) is 37.4 Å². The van der Waals surface area contributed by atoms with E-state index in [2.05, 4.69) is 18.7 Å². The fourth-order valence-corrected chi connectivity index (χ4v) is 1.62. The number of esters is 1. The molecule has 0 saturated carbocycles. The van der Waals surface area contributed by atoms with Crippen LogP contribution in [0.5, 0.6) is 5.75 Å². The molecule has 0 aliphatic heterocycles. The average molecular weight is 251 g/mol. The van der Waals surface area contributed by atoms with Gasteiger partial charge in [0.2, 0.25) is 0 Å². The standard InChI is InChI=1S/C14H21NO3/c1-4-15(5-2)10-11-18-14(16)12-6-8-13(17-3)9-7-12/h6-9H,4-5,10-11H2,1-3H3. The lowest BCUT2D eigenvalue weighted by atomic mass is 10.2. The molecule has 1 aromatic carbocycles. The van der Waals surface area contributed by atoms with Crippen molar-refractivity contribution in [2.45, 2.75) is 13.8 Å². The van der Waals surface area contributed by atoms with Crippen LogP contribution >= 0.6 is 0 Å². The van der Waals surface area contributed by atoms with E-state index in [4.69, 9.17) is 9.47 Å². The van der Waals surface area contributed by atoms with Crippen LogP contribution in [-0.2, 0) is 4.74 Å². The molecule has 0 fully saturated rings. The number of carbonyl (C=O) groups excluding carboxylic acids is 1. The van der Waals surface area contributed by atoms with E-state index in [9.17, 15) is 4.79 Å². The molecule has 100 valence electrons. The van der Waals surface area contributed by atoms with E-state index in [0.29, 0.717) is 12.2 Å². The zero-order valence-corrected chi connectivity index (χ0v) is 11.3. The van der Waals surface area contributed by atoms with Gasteiger partial charge in [0.15, 0.2) is 0 Å². The van der Waals surface area contributed by atoms with E-state index in [-0.39, 0.29) is 5.97 Å². The Balaban J connectivity index is 2.40. The third-order valence-electron chi connectivity index (χ3n) is 2.86. The summed E-state index contributed by atoms with van der Waals surface area (Å²) in [6.07, 6.45) is 0. The van der Waals surface area contributed by atoms with E-state index in [0.717, 1.165) is 25.4 Å². The maximum atomic E-state index is 11.7. The SMILES string of the molecule is CCN(CC)CCOC(=O)c1ccc(OC)cc1. The minimum atomic E-state index is -0.287. The molecular weight excluding hydrogens is 230 g/mol. The van der Waals surface area contributed by atoms with E-state index in [1.807, 2.05) is 0 Å². The van der Waals surface area contributed by atoms with Crippen LogP contribution in [-0.4, -0.2) is 44.2 Å². The summed E-state index contributed by atoms with van der Waals surface area (Å²) in [6.45, 7) is 7.32. The van der Waals surface area contributed by atoms with Crippen LogP contribution in [0.1, 0.15) is 24.2 Å². The molecule has 0 spiro atoms. The predicted octanol–water partition coefficient (Wildman–Crippen LogP) is 2.19. The lowest BCUT2D eigenvalue weighted by Gasteiger charge is -2.17. The summed E-state index contributed by atoms with van der Waals surface area (Å²) in [6, 6.07) is 6.92. The van der Waals surface area contributed by atoms with Gasteiger partial charge in [0.05, 0.1) is 12.7 Å². The van der Waals surface area contributed by atoms with E-state index >= 15 is 0 Å². The van der Waals surface area contributed by atoms with Crippen molar-refractivity contribution in [3.8, 4) is 5.75 Å². The van der Waals surface area contributed by atoms with Crippen molar-refractivity contribution in [2.24, 2.45) is 0 Å². The molecule has 4 heteroatoms. The zero-order valence-electron chi connectivity index (χ0n) is 11.3. The molecule has 1 rings (SSSR count). The summed E-state index contributed by atoms with van der Waals surface area (Å²) in [5.41, 5.74) is 0.551. The minimum Gasteiger partial charge on any atom is -0.497 e. The van der Waals surface area contributed by atoms with Crippen LogP contribution in [0.2, 0.25) is 0 Å². The van der Waals surface area contributed by atoms with Gasteiger partial charge in [-0.15, -0.1) is 0 Å². The molecular formula is C14H21NO3. The molecule has 0 aliphatic rings. The first-order valence-corrected chi connectivity index (χ1v) is 6.24. The van der Waals surface area contributed by atoms with Crippen LogP contribution < -0.4 is 4.74 Å². The van der Waals surface area contributed by atoms with Crippen molar-refractivity contribution >= 4 is 5.97 Å². The molecule has 0 unspecified atom stereocenters. The first-order chi connectivity index (χ1) is 8.71. The molecule has 0 heterocycles. The van der Waals surface area contributed by atoms with E-state index in [1.54, 1.807) is 31.4 Å². The van der Waals surface area contributed by atoms with Crippen molar-refractivity contribution in [2.75, 3.05) is 33.4 Å². The van der Waals surface area contributed by atoms with Gasteiger partial charge in [0, 0.05) is 6.54 Å². The molecule has 0 amide bonds. The Kier molecular flexibility index (Phi) is 6.22. The highest BCUT2D eigenvalue weighted by molar-refractivity contribution is 5.89. The molecule has 0 N–H and O–H groups in total. The van der Waals surface area contributed by atoms with Gasteiger partial charge in [-0.3, -0.25) is 0 Å². The zero-order chi connectivity index (χ0) is 13.4. The number of likely N-dealkylation sites (N-methyl/N-ethyl adjacent to an activating group) is 1. The van der Waals surface area contributed by atoms with E-state index in [1.165, 1.54) is 0 Å². The van der Waals surface area contributed by atoms with Crippen molar-refractivity contribution < 1.29 is 14.3 Å². The first-order valence-electron chi connectivity index (χ1n) is 6.24. The predicted molar refractivity (Wildman–Crippen MR) is 71.1 cm³/mol. The smallest absolute Gasteiger partial charge is 0.338 e. The van der Waals surface area contributed by atoms with Crippen molar-refractivity contribution in [3.63, 3.8) is 0 Å². The number of rotatable bonds is 7. The van der Waals surface area contributed by atoms with Gasteiger partial charge in [0.1, 0.15) is 12.4 Å². The first kappa shape index (κ1) is 14.5. The summed E-state index contributed by atoms with van der Waals surface area (Å²) in [4.78, 5) is 13.9. The normalized spacial score (nSPS) is 10.4. The Morgan fingerprint density at radius 2 is 1.78 bits per heavy atom. The molecule has 0 aromatic heterocycles. The van der Waals surface area contributed by atoms with Crippen LogP contribution in [0, 0.1) is 0 Å². The Morgan fingerprint density at radius 1 is 1.17 bits per heavy atom. The highest BCUT2D eigenvalue weighted by Gasteiger charge is 2.07. The fourth-order valence-electron chi connectivity index (χ4n) is 1.62. The number of ether oxygens (including phenoxy) is 2. The molecule has 18 heavy (non-hydrogen) atoms. The van der Waals surface area contributed by atoms with Gasteiger partial charge in [0.25, 0.3) is 0 Å². The van der Waals surface area contributed by atoms with Crippen LogP contribution in [0.15, 0.2) is 24.3 Å². The number of benzene rings is 1. The van der Waals surface area contributed by atoms with Crippen molar-refractivity contribution in [3.05, 3.63) is 29.8 Å². The van der Waals surface area contributed by atoms with E-state index < -0.39 is 0 Å². The van der Waals surface area contributed by atoms with Gasteiger partial charge in [-0.25, -0.2) is 4.79 Å². The largest absolute Gasteiger partial charge is 0.497 e. The Hall–Kier alpha value is -1.55. The monoisotopic (exact) mass is 251 g/mol. The third-order valence-corrected chi connectivity index (χ3v) is 2.86. The van der Waals surface area contributed by atoms with Gasteiger partial charge < -0.3 is 14.4 Å². The quantitative estimate of drug-likeness (QED) is 0.696. The second-order valence-corrected chi connectivity index (χ2v) is 3.89. The van der Waals surface area contributed by atoms with Gasteiger partial charge in [-0.1, -0.05) is 13.8 Å². The molecule has 0 aliphatic carbocycles. The lowest BCUT2D eigenvalue weighted by Crippen LogP contribution is -2.27. The molecule has 0 saturated heterocycles. The summed E-state index contributed by atoms with van der Waals surface area (Å²) in [5, 5.41) is 0. The number of methoxy groups -OCH3 is 1. The summed E-state index contributed by atoms with van der Waals surface area (Å²) >= 11 is 0. The maximum Gasteiger partial charge on any atom is 0.338 e. The Labute approximate surface area is 108 Å². The molecule has 0 radical (unpaired) electrons. The average Bonchev–Trinajstić information content (AvgIpc) is 2.43. The van der Waals surface area contributed by atoms with Crippen LogP contribution in [0.3, 0.4) is 0 Å². The van der Waals surface area contributed by atoms with Crippen LogP contribution in [0.25, 0.3) is 0 Å². The molecule has 1 aromatic rings. The molecule has 0 bridgehead atoms. The maximum absolute atomic E-state index is 11.7. The minimum absolute atomic E-state index is 0.287. The third kappa shape index (κ3) is 4.37. The number of hydrogen-bond acceptors (Lipinski definition) is 4. The van der Waals surface area contributed by atoms with Gasteiger partial charge in [-0.2, -0.15) is 0 Å². The fraction of sp³-hybridized carbons (Fsp3) is 0.500. The summed E-state index contributed by atoms with van der Waals surface area (Å²) in [5.74, 6) is 0.444. The number of hydrogen-bond donors (Lipinski definition) is 0. The molecule has 4 nitrogen and oxygen atoms in total. The van der Waals surface area contributed by atoms with Crippen molar-refractivity contribution in [1.82, 2.24) is 4.90 Å². The van der Waals surface area contributed by atoms with Crippen LogP contribution in [0.4, 0.5) is 0 Å².